The average Bonchev–Trinajstić information content (AvgIpc) is 2.12. The SMILES string of the molecule is CC(C)OCCCN1CCCC(O)C1. The van der Waals surface area contributed by atoms with E-state index in [2.05, 4.69) is 18.7 Å². The largest absolute Gasteiger partial charge is 0.392 e. The Labute approximate surface area is 87.1 Å². The Morgan fingerprint density at radius 1 is 1.50 bits per heavy atom. The predicted molar refractivity (Wildman–Crippen MR) is 57.4 cm³/mol. The number of ether oxygens (including phenoxy) is 1. The maximum absolute atomic E-state index is 9.45. The average molecular weight is 201 g/mol. The van der Waals surface area contributed by atoms with Gasteiger partial charge in [0, 0.05) is 19.7 Å². The molecule has 1 atom stereocenters. The highest BCUT2D eigenvalue weighted by atomic mass is 16.5. The zero-order valence-electron chi connectivity index (χ0n) is 9.41. The standard InChI is InChI=1S/C11H23NO2/c1-10(2)14-8-4-7-12-6-3-5-11(13)9-12/h10-11,13H,3-9H2,1-2H3. The number of rotatable bonds is 5. The van der Waals surface area contributed by atoms with E-state index >= 15 is 0 Å². The Bertz CT molecular complexity index is 150. The van der Waals surface area contributed by atoms with Crippen molar-refractivity contribution in [2.24, 2.45) is 0 Å². The minimum Gasteiger partial charge on any atom is -0.392 e. The first kappa shape index (κ1) is 12.0. The van der Waals surface area contributed by atoms with Gasteiger partial charge in [0.25, 0.3) is 0 Å². The summed E-state index contributed by atoms with van der Waals surface area (Å²) >= 11 is 0. The van der Waals surface area contributed by atoms with Crippen molar-refractivity contribution in [3.63, 3.8) is 0 Å². The number of nitrogens with zero attached hydrogens (tertiary/aromatic N) is 1. The molecule has 3 heteroatoms. The molecule has 1 heterocycles. The summed E-state index contributed by atoms with van der Waals surface area (Å²) in [6.07, 6.45) is 3.41. The van der Waals surface area contributed by atoms with Crippen LogP contribution in [0.25, 0.3) is 0 Å². The van der Waals surface area contributed by atoms with Crippen LogP contribution in [0.1, 0.15) is 33.1 Å². The fourth-order valence-corrected chi connectivity index (χ4v) is 1.84. The second kappa shape index (κ2) is 6.38. The molecule has 0 aliphatic carbocycles. The monoisotopic (exact) mass is 201 g/mol. The third-order valence-corrected chi connectivity index (χ3v) is 2.55. The summed E-state index contributed by atoms with van der Waals surface area (Å²) in [5.41, 5.74) is 0. The van der Waals surface area contributed by atoms with Crippen molar-refractivity contribution >= 4 is 0 Å². The number of piperidine rings is 1. The Kier molecular flexibility index (Phi) is 5.45. The summed E-state index contributed by atoms with van der Waals surface area (Å²) in [6.45, 7) is 8.00. The van der Waals surface area contributed by atoms with Crippen molar-refractivity contribution in [1.82, 2.24) is 4.90 Å². The van der Waals surface area contributed by atoms with Crippen molar-refractivity contribution in [3.05, 3.63) is 0 Å². The maximum atomic E-state index is 9.45. The number of likely N-dealkylation sites (tertiary alicyclic amines) is 1. The molecule has 1 N–H and O–H groups in total. The van der Waals surface area contributed by atoms with Crippen LogP contribution in [0.4, 0.5) is 0 Å². The molecule has 0 bridgehead atoms. The fraction of sp³-hybridized carbons (Fsp3) is 1.00. The van der Waals surface area contributed by atoms with E-state index in [1.807, 2.05) is 0 Å². The molecule has 1 aliphatic heterocycles. The van der Waals surface area contributed by atoms with Gasteiger partial charge in [0.05, 0.1) is 12.2 Å². The lowest BCUT2D eigenvalue weighted by Gasteiger charge is -2.29. The van der Waals surface area contributed by atoms with Gasteiger partial charge in [0.15, 0.2) is 0 Å². The molecule has 1 rings (SSSR count). The molecule has 3 nitrogen and oxygen atoms in total. The van der Waals surface area contributed by atoms with Crippen LogP contribution in [-0.4, -0.2) is 48.5 Å². The van der Waals surface area contributed by atoms with E-state index in [0.29, 0.717) is 6.10 Å². The minimum atomic E-state index is -0.102. The summed E-state index contributed by atoms with van der Waals surface area (Å²) in [6, 6.07) is 0. The predicted octanol–water partition coefficient (Wildman–Crippen LogP) is 1.26. The van der Waals surface area contributed by atoms with Crippen molar-refractivity contribution in [2.75, 3.05) is 26.2 Å². The first-order chi connectivity index (χ1) is 6.68. The number of aliphatic hydroxyl groups excluding tert-OH is 1. The Hall–Kier alpha value is -0.120. The van der Waals surface area contributed by atoms with Gasteiger partial charge in [-0.3, -0.25) is 0 Å². The van der Waals surface area contributed by atoms with E-state index in [9.17, 15) is 5.11 Å². The van der Waals surface area contributed by atoms with Gasteiger partial charge < -0.3 is 14.7 Å². The van der Waals surface area contributed by atoms with Crippen molar-refractivity contribution < 1.29 is 9.84 Å². The molecule has 84 valence electrons. The van der Waals surface area contributed by atoms with Gasteiger partial charge in [-0.1, -0.05) is 0 Å². The van der Waals surface area contributed by atoms with E-state index < -0.39 is 0 Å². The molecule has 0 saturated carbocycles. The minimum absolute atomic E-state index is 0.102. The first-order valence-electron chi connectivity index (χ1n) is 5.70. The Morgan fingerprint density at radius 2 is 2.29 bits per heavy atom. The van der Waals surface area contributed by atoms with Crippen LogP contribution in [0.2, 0.25) is 0 Å². The van der Waals surface area contributed by atoms with Crippen molar-refractivity contribution in [1.29, 1.82) is 0 Å². The topological polar surface area (TPSA) is 32.7 Å². The summed E-state index contributed by atoms with van der Waals surface area (Å²) < 4.78 is 5.47. The smallest absolute Gasteiger partial charge is 0.0667 e. The van der Waals surface area contributed by atoms with E-state index in [1.165, 1.54) is 0 Å². The van der Waals surface area contributed by atoms with Crippen LogP contribution >= 0.6 is 0 Å². The van der Waals surface area contributed by atoms with Crippen molar-refractivity contribution in [3.8, 4) is 0 Å². The summed E-state index contributed by atoms with van der Waals surface area (Å²) in [5.74, 6) is 0. The molecule has 0 radical (unpaired) electrons. The lowest BCUT2D eigenvalue weighted by atomic mass is 10.1. The molecule has 0 spiro atoms. The van der Waals surface area contributed by atoms with Gasteiger partial charge in [-0.15, -0.1) is 0 Å². The van der Waals surface area contributed by atoms with Gasteiger partial charge in [0.1, 0.15) is 0 Å². The highest BCUT2D eigenvalue weighted by Crippen LogP contribution is 2.09. The third kappa shape index (κ3) is 4.94. The van der Waals surface area contributed by atoms with E-state index in [0.717, 1.165) is 45.5 Å². The van der Waals surface area contributed by atoms with Crippen LogP contribution in [0.3, 0.4) is 0 Å². The van der Waals surface area contributed by atoms with Crippen LogP contribution in [-0.2, 0) is 4.74 Å². The normalized spacial score (nSPS) is 24.4. The molecular formula is C11H23NO2. The Balaban J connectivity index is 2.00. The molecule has 1 fully saturated rings. The van der Waals surface area contributed by atoms with E-state index in [1.54, 1.807) is 0 Å². The molecule has 0 amide bonds. The quantitative estimate of drug-likeness (QED) is 0.680. The highest BCUT2D eigenvalue weighted by Gasteiger charge is 2.16. The zero-order valence-corrected chi connectivity index (χ0v) is 9.41. The maximum Gasteiger partial charge on any atom is 0.0667 e. The third-order valence-electron chi connectivity index (χ3n) is 2.55. The molecule has 0 aromatic rings. The van der Waals surface area contributed by atoms with E-state index in [4.69, 9.17) is 4.74 Å². The van der Waals surface area contributed by atoms with Gasteiger partial charge in [-0.2, -0.15) is 0 Å². The fourth-order valence-electron chi connectivity index (χ4n) is 1.84. The second-order valence-electron chi connectivity index (χ2n) is 4.37. The highest BCUT2D eigenvalue weighted by molar-refractivity contribution is 4.71. The lowest BCUT2D eigenvalue weighted by molar-refractivity contribution is 0.0480. The molecule has 1 aliphatic rings. The van der Waals surface area contributed by atoms with Crippen molar-refractivity contribution in [2.45, 2.75) is 45.3 Å². The van der Waals surface area contributed by atoms with E-state index in [-0.39, 0.29) is 6.10 Å². The van der Waals surface area contributed by atoms with Crippen LogP contribution < -0.4 is 0 Å². The first-order valence-corrected chi connectivity index (χ1v) is 5.70. The summed E-state index contributed by atoms with van der Waals surface area (Å²) in [7, 11) is 0. The van der Waals surface area contributed by atoms with Gasteiger partial charge in [-0.25, -0.2) is 0 Å². The van der Waals surface area contributed by atoms with Gasteiger partial charge >= 0.3 is 0 Å². The summed E-state index contributed by atoms with van der Waals surface area (Å²) in [4.78, 5) is 2.33. The zero-order chi connectivity index (χ0) is 10.4. The number of hydrogen-bond acceptors (Lipinski definition) is 3. The van der Waals surface area contributed by atoms with Crippen LogP contribution in [0.5, 0.6) is 0 Å². The molecule has 0 aromatic carbocycles. The van der Waals surface area contributed by atoms with Gasteiger partial charge in [-0.05, 0) is 39.7 Å². The Morgan fingerprint density at radius 3 is 2.93 bits per heavy atom. The van der Waals surface area contributed by atoms with Crippen LogP contribution in [0.15, 0.2) is 0 Å². The molecule has 0 aromatic heterocycles. The molecule has 1 unspecified atom stereocenters. The molecule has 14 heavy (non-hydrogen) atoms. The second-order valence-corrected chi connectivity index (χ2v) is 4.37. The molecule has 1 saturated heterocycles. The van der Waals surface area contributed by atoms with Gasteiger partial charge in [0.2, 0.25) is 0 Å². The van der Waals surface area contributed by atoms with Crippen LogP contribution in [0, 0.1) is 0 Å². The number of hydrogen-bond donors (Lipinski definition) is 1. The molecular weight excluding hydrogens is 178 g/mol. The number of aliphatic hydroxyl groups is 1. The lowest BCUT2D eigenvalue weighted by Crippen LogP contribution is -2.39. The number of β-amino-alcohol motifs (C(OH)–C–C–N with tert-alkyl or cyclic N) is 1. The summed E-state index contributed by atoms with van der Waals surface area (Å²) in [5, 5.41) is 9.45.